The van der Waals surface area contributed by atoms with Crippen molar-refractivity contribution in [3.63, 3.8) is 0 Å². The summed E-state index contributed by atoms with van der Waals surface area (Å²) >= 11 is 31.4. The summed E-state index contributed by atoms with van der Waals surface area (Å²) in [5, 5.41) is 0. The molecule has 132 valence electrons. The molecule has 0 aliphatic heterocycles. The number of nitrogens with one attached hydrogen (secondary N) is 2. The van der Waals surface area contributed by atoms with Gasteiger partial charge in [-0.2, -0.15) is 16.8 Å². The lowest BCUT2D eigenvalue weighted by Crippen LogP contribution is -2.44. The number of carbonyl (C=O) groups excluding carboxylic acids is 1. The second-order valence-corrected chi connectivity index (χ2v) is 10.9. The first-order chi connectivity index (χ1) is 9.52. The molecule has 0 unspecified atom stereocenters. The van der Waals surface area contributed by atoms with Gasteiger partial charge in [-0.25, -0.2) is 22.6 Å². The number of halogens is 6. The molecule has 0 radical (unpaired) electrons. The molecule has 0 saturated heterocycles. The summed E-state index contributed by atoms with van der Waals surface area (Å²) in [6.45, 7) is -1.87. The predicted molar refractivity (Wildman–Crippen MR) is 82.0 cm³/mol. The van der Waals surface area contributed by atoms with Crippen molar-refractivity contribution in [1.29, 1.82) is 0 Å². The first-order valence-electron chi connectivity index (χ1n) is 4.53. The number of carbonyl (C=O) groups is 1. The van der Waals surface area contributed by atoms with Gasteiger partial charge in [-0.05, 0) is 0 Å². The maximum atomic E-state index is 11.2. The minimum absolute atomic E-state index is 0.934. The van der Waals surface area contributed by atoms with Gasteiger partial charge >= 0.3 is 26.6 Å². The van der Waals surface area contributed by atoms with Crippen LogP contribution >= 0.6 is 69.6 Å². The number of hydrogen-bond donors (Lipinski definition) is 2. The van der Waals surface area contributed by atoms with Crippen molar-refractivity contribution in [2.45, 2.75) is 7.59 Å². The Labute approximate surface area is 155 Å². The molecule has 0 aromatic heterocycles. The van der Waals surface area contributed by atoms with E-state index >= 15 is 0 Å². The predicted octanol–water partition coefficient (Wildman–Crippen LogP) is 1.55. The molecule has 0 aliphatic carbocycles. The van der Waals surface area contributed by atoms with Gasteiger partial charge in [0.15, 0.2) is 0 Å². The summed E-state index contributed by atoms with van der Waals surface area (Å²) < 4.78 is 51.2. The van der Waals surface area contributed by atoms with Crippen LogP contribution in [0.15, 0.2) is 0 Å². The average molecular weight is 483 g/mol. The molecular weight excluding hydrogens is 477 g/mol. The van der Waals surface area contributed by atoms with Crippen molar-refractivity contribution in [3.05, 3.63) is 0 Å². The fourth-order valence-corrected chi connectivity index (χ4v) is 2.71. The summed E-state index contributed by atoms with van der Waals surface area (Å²) in [7, 11) is -9.49. The van der Waals surface area contributed by atoms with Gasteiger partial charge < -0.3 is 0 Å². The van der Waals surface area contributed by atoms with E-state index in [4.69, 9.17) is 69.6 Å². The molecule has 0 atom stereocenters. The fraction of sp³-hybridized carbons (Fsp3) is 0.800. The summed E-state index contributed by atoms with van der Waals surface area (Å²) in [5.41, 5.74) is 0. The number of alkyl halides is 6. The van der Waals surface area contributed by atoms with Gasteiger partial charge in [0.1, 0.15) is 13.2 Å². The molecule has 9 nitrogen and oxygen atoms in total. The zero-order valence-electron chi connectivity index (χ0n) is 9.86. The monoisotopic (exact) mass is 480 g/mol. The van der Waals surface area contributed by atoms with E-state index in [0.717, 1.165) is 9.44 Å². The summed E-state index contributed by atoms with van der Waals surface area (Å²) in [6, 6.07) is -1.74. The Hall–Kier alpha value is 0.830. The lowest BCUT2D eigenvalue weighted by Gasteiger charge is -2.13. The van der Waals surface area contributed by atoms with Crippen LogP contribution in [0.1, 0.15) is 0 Å². The molecule has 0 aliphatic rings. The molecular formula is C5H6Cl6N2O7S2. The van der Waals surface area contributed by atoms with Crippen LogP contribution in [0.4, 0.5) is 4.79 Å². The van der Waals surface area contributed by atoms with Crippen LogP contribution < -0.4 is 9.44 Å². The third-order valence-corrected chi connectivity index (χ3v) is 3.57. The van der Waals surface area contributed by atoms with Crippen LogP contribution in [0.2, 0.25) is 0 Å². The molecule has 2 N–H and O–H groups in total. The van der Waals surface area contributed by atoms with E-state index in [-0.39, 0.29) is 0 Å². The molecule has 0 bridgehead atoms. The van der Waals surface area contributed by atoms with Crippen LogP contribution in [-0.2, 0) is 29.0 Å². The smallest absolute Gasteiger partial charge is 0.249 e. The van der Waals surface area contributed by atoms with Crippen molar-refractivity contribution < 1.29 is 30.0 Å². The van der Waals surface area contributed by atoms with Crippen LogP contribution in [0, 0.1) is 0 Å². The molecule has 22 heavy (non-hydrogen) atoms. The zero-order chi connectivity index (χ0) is 17.8. The van der Waals surface area contributed by atoms with E-state index in [1.54, 1.807) is 0 Å². The molecule has 0 heterocycles. The van der Waals surface area contributed by atoms with Gasteiger partial charge in [0.25, 0.3) is 0 Å². The highest BCUT2D eigenvalue weighted by atomic mass is 35.6. The maximum Gasteiger partial charge on any atom is 0.363 e. The van der Waals surface area contributed by atoms with Gasteiger partial charge in [-0.15, -0.1) is 0 Å². The van der Waals surface area contributed by atoms with Crippen molar-refractivity contribution in [1.82, 2.24) is 9.44 Å². The van der Waals surface area contributed by atoms with Gasteiger partial charge in [0, 0.05) is 0 Å². The lowest BCUT2D eigenvalue weighted by molar-refractivity contribution is 0.245. The fourth-order valence-electron chi connectivity index (χ4n) is 0.596. The molecule has 0 saturated carbocycles. The van der Waals surface area contributed by atoms with Crippen molar-refractivity contribution in [2.75, 3.05) is 13.2 Å². The first-order valence-corrected chi connectivity index (χ1v) is 9.62. The average Bonchev–Trinajstić information content (AvgIpc) is 2.20. The Morgan fingerprint density at radius 3 is 1.27 bits per heavy atom. The first kappa shape index (κ1) is 22.8. The highest BCUT2D eigenvalue weighted by molar-refractivity contribution is 7.86. The second-order valence-electron chi connectivity index (χ2n) is 3.20. The van der Waals surface area contributed by atoms with E-state index < -0.39 is 47.4 Å². The van der Waals surface area contributed by atoms with Crippen LogP contribution in [0.25, 0.3) is 0 Å². The van der Waals surface area contributed by atoms with E-state index in [1.165, 1.54) is 0 Å². The van der Waals surface area contributed by atoms with Crippen molar-refractivity contribution in [3.8, 4) is 0 Å². The Morgan fingerprint density at radius 1 is 0.773 bits per heavy atom. The Morgan fingerprint density at radius 2 is 1.05 bits per heavy atom. The third kappa shape index (κ3) is 13.3. The minimum atomic E-state index is -4.74. The van der Waals surface area contributed by atoms with E-state index in [9.17, 15) is 21.6 Å². The normalized spacial score (nSPS) is 13.7. The Bertz CT molecular complexity index is 542. The Balaban J connectivity index is 4.55. The lowest BCUT2D eigenvalue weighted by atomic mass is 10.9. The zero-order valence-corrected chi connectivity index (χ0v) is 16.0. The molecule has 2 amide bonds. The summed E-state index contributed by atoms with van der Waals surface area (Å²) in [6.07, 6.45) is 0. The quantitative estimate of drug-likeness (QED) is 0.549. The maximum absolute atomic E-state index is 11.2. The summed E-state index contributed by atoms with van der Waals surface area (Å²) in [4.78, 5) is 11.2. The van der Waals surface area contributed by atoms with E-state index in [0.29, 0.717) is 0 Å². The van der Waals surface area contributed by atoms with Crippen molar-refractivity contribution >= 4 is 96.2 Å². The molecule has 0 rings (SSSR count). The number of rotatable bonds is 6. The minimum Gasteiger partial charge on any atom is -0.249 e. The number of amides is 2. The SMILES string of the molecule is O=C(NS(=O)(=O)OCC(Cl)(Cl)Cl)NS(=O)(=O)OCC(Cl)(Cl)Cl. The molecule has 0 fully saturated rings. The van der Waals surface area contributed by atoms with Crippen LogP contribution in [0.5, 0.6) is 0 Å². The third-order valence-electron chi connectivity index (χ3n) is 1.19. The molecule has 17 heteroatoms. The highest BCUT2D eigenvalue weighted by Gasteiger charge is 2.28. The van der Waals surface area contributed by atoms with Gasteiger partial charge in [-0.3, -0.25) is 0 Å². The van der Waals surface area contributed by atoms with Crippen LogP contribution in [-0.4, -0.2) is 43.7 Å². The topological polar surface area (TPSA) is 128 Å². The summed E-state index contributed by atoms with van der Waals surface area (Å²) in [5.74, 6) is 0. The Kier molecular flexibility index (Phi) is 8.59. The van der Waals surface area contributed by atoms with E-state index in [2.05, 4.69) is 8.37 Å². The van der Waals surface area contributed by atoms with Gasteiger partial charge in [0.2, 0.25) is 7.59 Å². The van der Waals surface area contributed by atoms with Gasteiger partial charge in [-0.1, -0.05) is 69.6 Å². The van der Waals surface area contributed by atoms with Crippen LogP contribution in [0.3, 0.4) is 0 Å². The second kappa shape index (κ2) is 8.28. The standard InChI is InChI=1S/C5H6Cl6N2O7S2/c6-4(7,8)1-19-21(15,16)12-3(14)13-22(17,18)20-2-5(9,10)11/h1-2H2,(H2,12,13,14). The highest BCUT2D eigenvalue weighted by Crippen LogP contribution is 2.27. The van der Waals surface area contributed by atoms with E-state index in [1.807, 2.05) is 0 Å². The molecule has 0 aromatic carbocycles. The molecule has 0 spiro atoms. The van der Waals surface area contributed by atoms with Gasteiger partial charge in [0.05, 0.1) is 0 Å². The largest absolute Gasteiger partial charge is 0.363 e. The number of urea groups is 1. The van der Waals surface area contributed by atoms with Crippen molar-refractivity contribution in [2.24, 2.45) is 0 Å². The number of hydrogen-bond acceptors (Lipinski definition) is 7. The molecule has 0 aromatic rings.